The molecule has 4 nitrogen and oxygen atoms in total. The molecule has 92 valence electrons. The normalized spacial score (nSPS) is 16.3. The molecule has 0 heterocycles. The van der Waals surface area contributed by atoms with Gasteiger partial charge in [0.2, 0.25) is 0 Å². The van der Waals surface area contributed by atoms with Crippen LogP contribution in [0.3, 0.4) is 0 Å². The van der Waals surface area contributed by atoms with Crippen LogP contribution in [0.15, 0.2) is 0 Å². The van der Waals surface area contributed by atoms with E-state index >= 15 is 0 Å². The van der Waals surface area contributed by atoms with E-state index in [9.17, 15) is 13.5 Å². The van der Waals surface area contributed by atoms with Gasteiger partial charge in [-0.25, -0.2) is 0 Å². The molecule has 0 rings (SSSR count). The van der Waals surface area contributed by atoms with Crippen LogP contribution >= 0.6 is 0 Å². The fourth-order valence-electron chi connectivity index (χ4n) is 1.55. The molecule has 0 aromatic carbocycles. The summed E-state index contributed by atoms with van der Waals surface area (Å²) >= 11 is 0. The SMILES string of the molecule is CCCC(CCCC(O)CC)S(=O)(=O)O. The van der Waals surface area contributed by atoms with Crippen LogP contribution in [0.4, 0.5) is 0 Å². The molecule has 0 aromatic heterocycles. The van der Waals surface area contributed by atoms with Crippen LogP contribution in [0, 0.1) is 0 Å². The Morgan fingerprint density at radius 2 is 1.73 bits per heavy atom. The van der Waals surface area contributed by atoms with Crippen LogP contribution in [0.5, 0.6) is 0 Å². The Labute approximate surface area is 92.4 Å². The fraction of sp³-hybridized carbons (Fsp3) is 1.00. The summed E-state index contributed by atoms with van der Waals surface area (Å²) in [5.41, 5.74) is 0. The second-order valence-electron chi connectivity index (χ2n) is 3.92. The smallest absolute Gasteiger partial charge is 0.267 e. The van der Waals surface area contributed by atoms with Gasteiger partial charge in [-0.05, 0) is 32.1 Å². The van der Waals surface area contributed by atoms with Gasteiger partial charge in [0.15, 0.2) is 0 Å². The van der Waals surface area contributed by atoms with E-state index in [0.29, 0.717) is 32.1 Å². The van der Waals surface area contributed by atoms with Gasteiger partial charge in [-0.3, -0.25) is 4.55 Å². The maximum absolute atomic E-state index is 11.0. The van der Waals surface area contributed by atoms with Crippen molar-refractivity contribution in [2.24, 2.45) is 0 Å². The van der Waals surface area contributed by atoms with Gasteiger partial charge in [0, 0.05) is 0 Å². The van der Waals surface area contributed by atoms with Gasteiger partial charge in [-0.1, -0.05) is 20.3 Å². The van der Waals surface area contributed by atoms with Crippen LogP contribution < -0.4 is 0 Å². The number of aliphatic hydroxyl groups excluding tert-OH is 1. The van der Waals surface area contributed by atoms with Crippen molar-refractivity contribution < 1.29 is 18.1 Å². The maximum Gasteiger partial charge on any atom is 0.267 e. The van der Waals surface area contributed by atoms with Crippen molar-refractivity contribution in [3.05, 3.63) is 0 Å². The molecule has 0 saturated carbocycles. The van der Waals surface area contributed by atoms with Gasteiger partial charge >= 0.3 is 0 Å². The molecule has 0 radical (unpaired) electrons. The minimum Gasteiger partial charge on any atom is -0.393 e. The zero-order chi connectivity index (χ0) is 11.9. The summed E-state index contributed by atoms with van der Waals surface area (Å²) in [5, 5.41) is 8.63. The zero-order valence-electron chi connectivity index (χ0n) is 9.52. The molecule has 0 fully saturated rings. The first-order chi connectivity index (χ1) is 6.91. The van der Waals surface area contributed by atoms with Crippen molar-refractivity contribution in [1.29, 1.82) is 0 Å². The van der Waals surface area contributed by atoms with Crippen LogP contribution in [0.1, 0.15) is 52.4 Å². The zero-order valence-corrected chi connectivity index (χ0v) is 10.3. The monoisotopic (exact) mass is 238 g/mol. The Hall–Kier alpha value is -0.130. The summed E-state index contributed by atoms with van der Waals surface area (Å²) < 4.78 is 30.9. The van der Waals surface area contributed by atoms with Gasteiger partial charge in [0.05, 0.1) is 11.4 Å². The van der Waals surface area contributed by atoms with E-state index < -0.39 is 15.4 Å². The quantitative estimate of drug-likeness (QED) is 0.634. The third-order valence-corrected chi connectivity index (χ3v) is 3.88. The minimum absolute atomic E-state index is 0.353. The van der Waals surface area contributed by atoms with Crippen molar-refractivity contribution >= 4 is 10.1 Å². The van der Waals surface area contributed by atoms with E-state index in [1.165, 1.54) is 0 Å². The third kappa shape index (κ3) is 6.87. The second kappa shape index (κ2) is 7.19. The maximum atomic E-state index is 11.0. The second-order valence-corrected chi connectivity index (χ2v) is 5.62. The van der Waals surface area contributed by atoms with E-state index in [-0.39, 0.29) is 6.10 Å². The van der Waals surface area contributed by atoms with Gasteiger partial charge < -0.3 is 5.11 Å². The van der Waals surface area contributed by atoms with Crippen LogP contribution in [-0.4, -0.2) is 29.4 Å². The molecule has 0 spiro atoms. The summed E-state index contributed by atoms with van der Waals surface area (Å²) in [5.74, 6) is 0. The topological polar surface area (TPSA) is 74.6 Å². The van der Waals surface area contributed by atoms with E-state index in [0.717, 1.165) is 6.42 Å². The lowest BCUT2D eigenvalue weighted by atomic mass is 10.1. The van der Waals surface area contributed by atoms with Crippen LogP contribution in [-0.2, 0) is 10.1 Å². The Morgan fingerprint density at radius 3 is 2.13 bits per heavy atom. The van der Waals surface area contributed by atoms with Crippen molar-refractivity contribution in [1.82, 2.24) is 0 Å². The molecule has 5 heteroatoms. The minimum atomic E-state index is -3.91. The van der Waals surface area contributed by atoms with E-state index in [4.69, 9.17) is 4.55 Å². The van der Waals surface area contributed by atoms with E-state index in [1.807, 2.05) is 13.8 Å². The first kappa shape index (κ1) is 14.9. The molecular formula is C10H22O4S. The van der Waals surface area contributed by atoms with Gasteiger partial charge in [-0.2, -0.15) is 8.42 Å². The van der Waals surface area contributed by atoms with Crippen molar-refractivity contribution in [3.63, 3.8) is 0 Å². The van der Waals surface area contributed by atoms with Gasteiger partial charge in [-0.15, -0.1) is 0 Å². The highest BCUT2D eigenvalue weighted by Gasteiger charge is 2.21. The molecule has 0 aromatic rings. The lowest BCUT2D eigenvalue weighted by Crippen LogP contribution is -2.20. The Balaban J connectivity index is 3.98. The first-order valence-corrected chi connectivity index (χ1v) is 7.06. The summed E-state index contributed by atoms with van der Waals surface area (Å²) in [6.07, 6.45) is 3.23. The molecule has 2 unspecified atom stereocenters. The highest BCUT2D eigenvalue weighted by atomic mass is 32.2. The predicted octanol–water partition coefficient (Wildman–Crippen LogP) is 1.98. The fourth-order valence-corrected chi connectivity index (χ4v) is 2.55. The number of hydrogen-bond donors (Lipinski definition) is 2. The molecule has 0 aliphatic carbocycles. The number of rotatable bonds is 8. The molecule has 2 atom stereocenters. The molecular weight excluding hydrogens is 216 g/mol. The molecule has 0 amide bonds. The molecule has 0 bridgehead atoms. The average molecular weight is 238 g/mol. The number of hydrogen-bond acceptors (Lipinski definition) is 3. The summed E-state index contributed by atoms with van der Waals surface area (Å²) in [6.45, 7) is 3.77. The van der Waals surface area contributed by atoms with Gasteiger partial charge in [0.1, 0.15) is 0 Å². The van der Waals surface area contributed by atoms with Crippen molar-refractivity contribution in [2.45, 2.75) is 63.7 Å². The molecule has 2 N–H and O–H groups in total. The largest absolute Gasteiger partial charge is 0.393 e. The predicted molar refractivity (Wildman–Crippen MR) is 60.4 cm³/mol. The highest BCUT2D eigenvalue weighted by molar-refractivity contribution is 7.86. The van der Waals surface area contributed by atoms with Gasteiger partial charge in [0.25, 0.3) is 10.1 Å². The lowest BCUT2D eigenvalue weighted by Gasteiger charge is -2.13. The molecule has 15 heavy (non-hydrogen) atoms. The van der Waals surface area contributed by atoms with Crippen molar-refractivity contribution in [2.75, 3.05) is 0 Å². The molecule has 0 aliphatic rings. The number of aliphatic hydroxyl groups is 1. The highest BCUT2D eigenvalue weighted by Crippen LogP contribution is 2.16. The van der Waals surface area contributed by atoms with E-state index in [1.54, 1.807) is 0 Å². The summed E-state index contributed by atoms with van der Waals surface area (Å²) in [7, 11) is -3.91. The third-order valence-electron chi connectivity index (χ3n) is 2.57. The Morgan fingerprint density at radius 1 is 1.13 bits per heavy atom. The summed E-state index contributed by atoms with van der Waals surface area (Å²) in [6, 6.07) is 0. The summed E-state index contributed by atoms with van der Waals surface area (Å²) in [4.78, 5) is 0. The average Bonchev–Trinajstić information content (AvgIpc) is 2.14. The van der Waals surface area contributed by atoms with Crippen LogP contribution in [0.2, 0.25) is 0 Å². The Bertz CT molecular complexity index is 248. The molecule has 0 aliphatic heterocycles. The van der Waals surface area contributed by atoms with Crippen molar-refractivity contribution in [3.8, 4) is 0 Å². The first-order valence-electron chi connectivity index (χ1n) is 5.56. The molecule has 0 saturated heterocycles. The van der Waals surface area contributed by atoms with Crippen LogP contribution in [0.25, 0.3) is 0 Å². The lowest BCUT2D eigenvalue weighted by molar-refractivity contribution is 0.156. The Kier molecular flexibility index (Phi) is 7.13. The van der Waals surface area contributed by atoms with E-state index in [2.05, 4.69) is 0 Å². The standard InChI is InChI=1S/C10H22O4S/c1-3-6-10(15(12,13)14)8-5-7-9(11)4-2/h9-11H,3-8H2,1-2H3,(H,12,13,14).